The van der Waals surface area contributed by atoms with Gasteiger partial charge in [-0.2, -0.15) is 0 Å². The van der Waals surface area contributed by atoms with Gasteiger partial charge in [0.05, 0.1) is 21.7 Å². The van der Waals surface area contributed by atoms with Crippen LogP contribution in [0.1, 0.15) is 37.4 Å². The summed E-state index contributed by atoms with van der Waals surface area (Å²) in [5, 5.41) is 3.49. The molecule has 132 valence electrons. The number of thioether (sulfide) groups is 1. The van der Waals surface area contributed by atoms with Gasteiger partial charge in [-0.25, -0.2) is 4.98 Å². The van der Waals surface area contributed by atoms with Crippen LogP contribution < -0.4 is 10.9 Å². The third kappa shape index (κ3) is 4.25. The first-order valence-corrected chi connectivity index (χ1v) is 9.68. The van der Waals surface area contributed by atoms with Crippen LogP contribution in [0.5, 0.6) is 0 Å². The lowest BCUT2D eigenvalue weighted by Crippen LogP contribution is -2.26. The van der Waals surface area contributed by atoms with Crippen LogP contribution >= 0.6 is 23.4 Å². The maximum Gasteiger partial charge on any atom is 0.254 e. The van der Waals surface area contributed by atoms with Gasteiger partial charge in [-0.15, -0.1) is 0 Å². The number of aryl methyl sites for hydroxylation is 1. The molecule has 3 rings (SSSR count). The van der Waals surface area contributed by atoms with E-state index in [4.69, 9.17) is 11.6 Å². The molecule has 2 N–H and O–H groups in total. The monoisotopic (exact) mass is 377 g/mol. The van der Waals surface area contributed by atoms with Crippen molar-refractivity contribution in [1.82, 2.24) is 9.97 Å². The molecule has 0 spiro atoms. The van der Waals surface area contributed by atoms with E-state index in [0.29, 0.717) is 22.3 Å². The summed E-state index contributed by atoms with van der Waals surface area (Å²) in [4.78, 5) is 32.2. The third-order valence-corrected chi connectivity index (χ3v) is 5.80. The molecule has 1 aliphatic carbocycles. The fourth-order valence-electron chi connectivity index (χ4n) is 2.87. The highest BCUT2D eigenvalue weighted by atomic mass is 35.5. The molecule has 0 saturated carbocycles. The van der Waals surface area contributed by atoms with Crippen molar-refractivity contribution >= 4 is 35.0 Å². The number of carbonyl (C=O) groups excluding carboxylic acids is 1. The molecule has 1 aromatic heterocycles. The van der Waals surface area contributed by atoms with Gasteiger partial charge >= 0.3 is 0 Å². The summed E-state index contributed by atoms with van der Waals surface area (Å²) in [6.07, 6.45) is 4.31. The third-order valence-electron chi connectivity index (χ3n) is 4.22. The van der Waals surface area contributed by atoms with E-state index in [-0.39, 0.29) is 16.7 Å². The Morgan fingerprint density at radius 3 is 2.88 bits per heavy atom. The fraction of sp³-hybridized carbons (Fsp3) is 0.389. The summed E-state index contributed by atoms with van der Waals surface area (Å²) >= 11 is 7.38. The number of anilines is 1. The average molecular weight is 378 g/mol. The lowest BCUT2D eigenvalue weighted by molar-refractivity contribution is -0.115. The number of nitrogens with one attached hydrogen (secondary N) is 2. The summed E-state index contributed by atoms with van der Waals surface area (Å²) in [5.41, 5.74) is 2.18. The van der Waals surface area contributed by atoms with Crippen molar-refractivity contribution in [2.75, 3.05) is 5.32 Å². The van der Waals surface area contributed by atoms with Gasteiger partial charge < -0.3 is 10.3 Å². The number of benzene rings is 1. The Balaban J connectivity index is 1.76. The van der Waals surface area contributed by atoms with Crippen molar-refractivity contribution < 1.29 is 4.79 Å². The lowest BCUT2D eigenvalue weighted by atomic mass is 9.97. The minimum Gasteiger partial charge on any atom is -0.324 e. The summed E-state index contributed by atoms with van der Waals surface area (Å²) in [5.74, 6) is -0.152. The number of amides is 1. The standard InChI is InChI=1S/C18H20ClN3O2S/c1-2-15(17(24)20-14-10-6-4-8-12(14)19)25-18-21-13-9-5-3-7-11(13)16(23)22-18/h4,6,8,10,15H,2-3,5,7,9H2,1H3,(H,20,24)(H,21,22,23). The molecule has 0 aliphatic heterocycles. The van der Waals surface area contributed by atoms with Crippen molar-refractivity contribution in [3.05, 3.63) is 50.9 Å². The molecule has 25 heavy (non-hydrogen) atoms. The number of fused-ring (bicyclic) bond motifs is 1. The fourth-order valence-corrected chi connectivity index (χ4v) is 3.97. The number of para-hydroxylation sites is 1. The summed E-state index contributed by atoms with van der Waals surface area (Å²) in [6.45, 7) is 1.93. The highest BCUT2D eigenvalue weighted by Gasteiger charge is 2.22. The van der Waals surface area contributed by atoms with Gasteiger partial charge in [-0.05, 0) is 44.2 Å². The Morgan fingerprint density at radius 1 is 1.36 bits per heavy atom. The number of nitrogens with zero attached hydrogens (tertiary/aromatic N) is 1. The van der Waals surface area contributed by atoms with Gasteiger partial charge in [0.1, 0.15) is 0 Å². The van der Waals surface area contributed by atoms with Crippen molar-refractivity contribution in [1.29, 1.82) is 0 Å². The molecule has 7 heteroatoms. The largest absolute Gasteiger partial charge is 0.324 e. The number of carbonyl (C=O) groups is 1. The van der Waals surface area contributed by atoms with Crippen molar-refractivity contribution in [3.63, 3.8) is 0 Å². The molecular formula is C18H20ClN3O2S. The maximum absolute atomic E-state index is 12.6. The zero-order valence-electron chi connectivity index (χ0n) is 14.0. The van der Waals surface area contributed by atoms with E-state index in [1.807, 2.05) is 19.1 Å². The van der Waals surface area contributed by atoms with Crippen LogP contribution in [0.25, 0.3) is 0 Å². The summed E-state index contributed by atoms with van der Waals surface area (Å²) in [7, 11) is 0. The first kappa shape index (κ1) is 18.0. The Hall–Kier alpha value is -1.79. The SMILES string of the molecule is CCC(Sc1nc2c(c(=O)[nH]1)CCCC2)C(=O)Nc1ccccc1Cl. The highest BCUT2D eigenvalue weighted by Crippen LogP contribution is 2.27. The minimum absolute atomic E-state index is 0.0754. The molecule has 0 saturated heterocycles. The normalized spacial score (nSPS) is 14.6. The molecule has 1 atom stereocenters. The zero-order valence-corrected chi connectivity index (χ0v) is 15.5. The number of hydrogen-bond acceptors (Lipinski definition) is 4. The Kier molecular flexibility index (Phi) is 5.81. The number of rotatable bonds is 5. The topological polar surface area (TPSA) is 74.8 Å². The molecule has 1 amide bonds. The molecule has 0 bridgehead atoms. The van der Waals surface area contributed by atoms with Crippen molar-refractivity contribution in [3.8, 4) is 0 Å². The molecule has 1 unspecified atom stereocenters. The van der Waals surface area contributed by atoms with Crippen molar-refractivity contribution in [2.24, 2.45) is 0 Å². The van der Waals surface area contributed by atoms with Gasteiger partial charge in [0.15, 0.2) is 5.16 Å². The molecule has 0 fully saturated rings. The number of aromatic nitrogens is 2. The smallest absolute Gasteiger partial charge is 0.254 e. The van der Waals surface area contributed by atoms with E-state index in [0.717, 1.165) is 36.9 Å². The second kappa shape index (κ2) is 8.06. The Labute approximate surface area is 155 Å². The van der Waals surface area contributed by atoms with Gasteiger partial charge in [-0.1, -0.05) is 42.4 Å². The Morgan fingerprint density at radius 2 is 2.12 bits per heavy atom. The average Bonchev–Trinajstić information content (AvgIpc) is 2.61. The second-order valence-corrected chi connectivity index (χ2v) is 7.59. The van der Waals surface area contributed by atoms with Gasteiger partial charge in [-0.3, -0.25) is 9.59 Å². The van der Waals surface area contributed by atoms with Crippen LogP contribution in [-0.4, -0.2) is 21.1 Å². The number of halogens is 1. The maximum atomic E-state index is 12.6. The molecule has 1 aromatic carbocycles. The minimum atomic E-state index is -0.360. The Bertz CT molecular complexity index is 837. The second-order valence-electron chi connectivity index (χ2n) is 5.99. The molecule has 0 radical (unpaired) electrons. The summed E-state index contributed by atoms with van der Waals surface area (Å²) in [6, 6.07) is 7.12. The first-order valence-electron chi connectivity index (χ1n) is 8.42. The van der Waals surface area contributed by atoms with E-state index >= 15 is 0 Å². The van der Waals surface area contributed by atoms with Gasteiger partial charge in [0, 0.05) is 5.56 Å². The molecule has 1 aliphatic rings. The van der Waals surface area contributed by atoms with E-state index in [1.165, 1.54) is 11.8 Å². The van der Waals surface area contributed by atoms with Crippen LogP contribution in [0.4, 0.5) is 5.69 Å². The van der Waals surface area contributed by atoms with E-state index in [2.05, 4.69) is 15.3 Å². The number of aromatic amines is 1. The quantitative estimate of drug-likeness (QED) is 0.613. The predicted octanol–water partition coefficient (Wildman–Crippen LogP) is 3.81. The highest BCUT2D eigenvalue weighted by molar-refractivity contribution is 8.00. The molecule has 5 nitrogen and oxygen atoms in total. The zero-order chi connectivity index (χ0) is 17.8. The van der Waals surface area contributed by atoms with Gasteiger partial charge in [0.25, 0.3) is 5.56 Å². The molecular weight excluding hydrogens is 358 g/mol. The van der Waals surface area contributed by atoms with Crippen LogP contribution in [0, 0.1) is 0 Å². The van der Waals surface area contributed by atoms with Crippen LogP contribution in [-0.2, 0) is 17.6 Å². The van der Waals surface area contributed by atoms with Crippen LogP contribution in [0.15, 0.2) is 34.2 Å². The van der Waals surface area contributed by atoms with E-state index in [1.54, 1.807) is 12.1 Å². The van der Waals surface area contributed by atoms with E-state index < -0.39 is 0 Å². The predicted molar refractivity (Wildman–Crippen MR) is 102 cm³/mol. The van der Waals surface area contributed by atoms with Crippen LogP contribution in [0.2, 0.25) is 5.02 Å². The summed E-state index contributed by atoms with van der Waals surface area (Å²) < 4.78 is 0. The van der Waals surface area contributed by atoms with Crippen LogP contribution in [0.3, 0.4) is 0 Å². The first-order chi connectivity index (χ1) is 12.1. The molecule has 2 aromatic rings. The molecule has 1 heterocycles. The van der Waals surface area contributed by atoms with E-state index in [9.17, 15) is 9.59 Å². The van der Waals surface area contributed by atoms with Gasteiger partial charge in [0.2, 0.25) is 5.91 Å². The van der Waals surface area contributed by atoms with Crippen molar-refractivity contribution in [2.45, 2.75) is 49.4 Å². The number of hydrogen-bond donors (Lipinski definition) is 2. The number of H-pyrrole nitrogens is 1. The lowest BCUT2D eigenvalue weighted by Gasteiger charge is -2.17.